The lowest BCUT2D eigenvalue weighted by atomic mass is 10.1. The molecule has 17 heavy (non-hydrogen) atoms. The van der Waals surface area contributed by atoms with Gasteiger partial charge in [0.15, 0.2) is 11.5 Å². The van der Waals surface area contributed by atoms with Gasteiger partial charge in [0, 0.05) is 13.1 Å². The van der Waals surface area contributed by atoms with Gasteiger partial charge in [-0.05, 0) is 31.7 Å². The average molecular weight is 233 g/mol. The lowest BCUT2D eigenvalue weighted by Crippen LogP contribution is -2.20. The minimum Gasteiger partial charge on any atom is -0.486 e. The van der Waals surface area contributed by atoms with E-state index in [9.17, 15) is 0 Å². The van der Waals surface area contributed by atoms with Gasteiger partial charge in [0.25, 0.3) is 0 Å². The second-order valence-electron chi connectivity index (χ2n) is 4.61. The zero-order chi connectivity index (χ0) is 12.3. The summed E-state index contributed by atoms with van der Waals surface area (Å²) in [5, 5.41) is 0. The Kier molecular flexibility index (Phi) is 3.69. The van der Waals surface area contributed by atoms with E-state index in [-0.39, 0.29) is 0 Å². The molecule has 1 heterocycles. The number of nitrogens with zero attached hydrogens (tertiary/aromatic N) is 1. The predicted molar refractivity (Wildman–Crippen MR) is 68.6 cm³/mol. The normalized spacial score (nSPS) is 13.8. The van der Waals surface area contributed by atoms with Gasteiger partial charge in [0.1, 0.15) is 13.2 Å². The van der Waals surface area contributed by atoms with Crippen LogP contribution < -0.4 is 9.47 Å². The maximum atomic E-state index is 5.57. The topological polar surface area (TPSA) is 21.7 Å². The Balaban J connectivity index is 2.04. The smallest absolute Gasteiger partial charge is 0.161 e. The Labute approximate surface area is 103 Å². The fraction of sp³-hybridized carbons (Fsp3) is 0.429. The van der Waals surface area contributed by atoms with Crippen LogP contribution in [-0.2, 0) is 6.54 Å². The van der Waals surface area contributed by atoms with Crippen LogP contribution in [0, 0.1) is 0 Å². The number of fused-ring (bicyclic) bond motifs is 1. The predicted octanol–water partition coefficient (Wildman–Crippen LogP) is 2.47. The van der Waals surface area contributed by atoms with Crippen molar-refractivity contribution in [3.63, 3.8) is 0 Å². The van der Waals surface area contributed by atoms with Crippen LogP contribution in [0.2, 0.25) is 0 Å². The molecule has 0 bridgehead atoms. The molecule has 1 aromatic rings. The van der Waals surface area contributed by atoms with Crippen molar-refractivity contribution in [2.24, 2.45) is 0 Å². The third-order valence-electron chi connectivity index (χ3n) is 2.60. The van der Waals surface area contributed by atoms with Gasteiger partial charge >= 0.3 is 0 Å². The van der Waals surface area contributed by atoms with Crippen LogP contribution in [-0.4, -0.2) is 31.7 Å². The molecule has 0 saturated carbocycles. The Morgan fingerprint density at radius 1 is 1.29 bits per heavy atom. The largest absolute Gasteiger partial charge is 0.486 e. The van der Waals surface area contributed by atoms with Crippen LogP contribution in [0.5, 0.6) is 11.5 Å². The van der Waals surface area contributed by atoms with E-state index in [2.05, 4.69) is 30.7 Å². The third-order valence-corrected chi connectivity index (χ3v) is 2.60. The molecule has 0 saturated heterocycles. The lowest BCUT2D eigenvalue weighted by molar-refractivity contribution is 0.171. The summed E-state index contributed by atoms with van der Waals surface area (Å²) in [5.74, 6) is 1.71. The molecule has 0 aliphatic carbocycles. The molecule has 3 heteroatoms. The standard InChI is InChI=1S/C14H19NO2/c1-11(2)9-15(3)10-12-4-5-13-14(8-12)17-7-6-16-13/h4-5,8H,1,6-7,9-10H2,2-3H3. The van der Waals surface area contributed by atoms with E-state index in [0.717, 1.165) is 24.6 Å². The van der Waals surface area contributed by atoms with Gasteiger partial charge in [-0.25, -0.2) is 0 Å². The van der Waals surface area contributed by atoms with Crippen molar-refractivity contribution in [2.45, 2.75) is 13.5 Å². The summed E-state index contributed by atoms with van der Waals surface area (Å²) in [4.78, 5) is 2.23. The van der Waals surface area contributed by atoms with Gasteiger partial charge in [-0.15, -0.1) is 0 Å². The van der Waals surface area contributed by atoms with Gasteiger partial charge in [0.05, 0.1) is 0 Å². The fourth-order valence-electron chi connectivity index (χ4n) is 2.01. The highest BCUT2D eigenvalue weighted by molar-refractivity contribution is 5.43. The molecule has 1 aromatic carbocycles. The fourth-order valence-corrected chi connectivity index (χ4v) is 2.01. The van der Waals surface area contributed by atoms with Crippen molar-refractivity contribution >= 4 is 0 Å². The maximum absolute atomic E-state index is 5.57. The monoisotopic (exact) mass is 233 g/mol. The van der Waals surface area contributed by atoms with Gasteiger partial charge in [0.2, 0.25) is 0 Å². The van der Waals surface area contributed by atoms with Crippen LogP contribution in [0.15, 0.2) is 30.4 Å². The molecule has 1 aliphatic rings. The Bertz CT molecular complexity index is 415. The van der Waals surface area contributed by atoms with E-state index in [1.54, 1.807) is 0 Å². The number of benzene rings is 1. The molecule has 0 aromatic heterocycles. The van der Waals surface area contributed by atoms with Crippen LogP contribution >= 0.6 is 0 Å². The molecule has 0 amide bonds. The zero-order valence-corrected chi connectivity index (χ0v) is 10.5. The SMILES string of the molecule is C=C(C)CN(C)Cc1ccc2c(c1)OCCO2. The van der Waals surface area contributed by atoms with Gasteiger partial charge < -0.3 is 9.47 Å². The number of hydrogen-bond donors (Lipinski definition) is 0. The number of ether oxygens (including phenoxy) is 2. The van der Waals surface area contributed by atoms with E-state index < -0.39 is 0 Å². The summed E-state index contributed by atoms with van der Waals surface area (Å²) < 4.78 is 11.1. The molecule has 1 aliphatic heterocycles. The molecule has 0 radical (unpaired) electrons. The number of rotatable bonds is 4. The molecule has 92 valence electrons. The Morgan fingerprint density at radius 2 is 2.00 bits per heavy atom. The van der Waals surface area contributed by atoms with Gasteiger partial charge in [-0.1, -0.05) is 18.2 Å². The molecule has 0 fully saturated rings. The van der Waals surface area contributed by atoms with Crippen molar-refractivity contribution < 1.29 is 9.47 Å². The molecule has 0 N–H and O–H groups in total. The van der Waals surface area contributed by atoms with E-state index in [4.69, 9.17) is 9.47 Å². The van der Waals surface area contributed by atoms with Crippen LogP contribution in [0.25, 0.3) is 0 Å². The van der Waals surface area contributed by atoms with Crippen LogP contribution in [0.1, 0.15) is 12.5 Å². The van der Waals surface area contributed by atoms with Crippen LogP contribution in [0.3, 0.4) is 0 Å². The van der Waals surface area contributed by atoms with Crippen molar-refractivity contribution in [1.82, 2.24) is 4.90 Å². The second kappa shape index (κ2) is 5.23. The lowest BCUT2D eigenvalue weighted by Gasteiger charge is -2.21. The van der Waals surface area contributed by atoms with Gasteiger partial charge in [-0.3, -0.25) is 4.90 Å². The highest BCUT2D eigenvalue weighted by atomic mass is 16.6. The molecule has 0 unspecified atom stereocenters. The van der Waals surface area contributed by atoms with Crippen molar-refractivity contribution in [1.29, 1.82) is 0 Å². The summed E-state index contributed by atoms with van der Waals surface area (Å²) in [5.41, 5.74) is 2.41. The van der Waals surface area contributed by atoms with Crippen molar-refractivity contribution in [3.8, 4) is 11.5 Å². The first-order valence-electron chi connectivity index (χ1n) is 5.86. The summed E-state index contributed by atoms with van der Waals surface area (Å²) in [6.07, 6.45) is 0. The minimum atomic E-state index is 0.637. The molecule has 2 rings (SSSR count). The Morgan fingerprint density at radius 3 is 2.71 bits per heavy atom. The molecule has 0 spiro atoms. The average Bonchev–Trinajstić information content (AvgIpc) is 2.27. The van der Waals surface area contributed by atoms with E-state index in [1.165, 1.54) is 11.1 Å². The van der Waals surface area contributed by atoms with E-state index >= 15 is 0 Å². The molecule has 3 nitrogen and oxygen atoms in total. The number of likely N-dealkylation sites (N-methyl/N-ethyl adjacent to an activating group) is 1. The summed E-state index contributed by atoms with van der Waals surface area (Å²) in [6, 6.07) is 6.13. The maximum Gasteiger partial charge on any atom is 0.161 e. The van der Waals surface area contributed by atoms with Gasteiger partial charge in [-0.2, -0.15) is 0 Å². The first kappa shape index (κ1) is 12.0. The summed E-state index contributed by atoms with van der Waals surface area (Å²) >= 11 is 0. The summed E-state index contributed by atoms with van der Waals surface area (Å²) in [6.45, 7) is 9.04. The van der Waals surface area contributed by atoms with E-state index in [1.807, 2.05) is 13.0 Å². The minimum absolute atomic E-state index is 0.637. The highest BCUT2D eigenvalue weighted by Gasteiger charge is 2.12. The zero-order valence-electron chi connectivity index (χ0n) is 10.5. The molecular weight excluding hydrogens is 214 g/mol. The molecular formula is C14H19NO2. The first-order valence-corrected chi connectivity index (χ1v) is 5.86. The first-order chi connectivity index (χ1) is 8.15. The van der Waals surface area contributed by atoms with Crippen LogP contribution in [0.4, 0.5) is 0 Å². The van der Waals surface area contributed by atoms with Crippen molar-refractivity contribution in [3.05, 3.63) is 35.9 Å². The number of hydrogen-bond acceptors (Lipinski definition) is 3. The quantitative estimate of drug-likeness (QED) is 0.746. The van der Waals surface area contributed by atoms with E-state index in [0.29, 0.717) is 13.2 Å². The second-order valence-corrected chi connectivity index (χ2v) is 4.61. The Hall–Kier alpha value is -1.48. The summed E-state index contributed by atoms with van der Waals surface area (Å²) in [7, 11) is 2.09. The molecule has 0 atom stereocenters. The highest BCUT2D eigenvalue weighted by Crippen LogP contribution is 2.30. The van der Waals surface area contributed by atoms with Crippen molar-refractivity contribution in [2.75, 3.05) is 26.8 Å². The third kappa shape index (κ3) is 3.24.